The van der Waals surface area contributed by atoms with Crippen molar-refractivity contribution in [1.82, 2.24) is 10.2 Å². The summed E-state index contributed by atoms with van der Waals surface area (Å²) in [7, 11) is 0. The van der Waals surface area contributed by atoms with Crippen molar-refractivity contribution in [2.45, 2.75) is 52.6 Å². The van der Waals surface area contributed by atoms with Gasteiger partial charge in [0, 0.05) is 32.8 Å². The summed E-state index contributed by atoms with van der Waals surface area (Å²) in [6.45, 7) is 10.5. The lowest BCUT2D eigenvalue weighted by Crippen LogP contribution is -2.47. The third-order valence-corrected chi connectivity index (χ3v) is 3.41. The first-order chi connectivity index (χ1) is 10.3. The van der Waals surface area contributed by atoms with Crippen LogP contribution in [0.4, 0.5) is 4.79 Å². The number of likely N-dealkylation sites (tertiary alicyclic amines) is 1. The van der Waals surface area contributed by atoms with Gasteiger partial charge >= 0.3 is 6.09 Å². The number of hydrogen-bond donors (Lipinski definition) is 1. The van der Waals surface area contributed by atoms with E-state index in [1.807, 2.05) is 27.7 Å². The van der Waals surface area contributed by atoms with Crippen LogP contribution in [0.25, 0.3) is 0 Å². The van der Waals surface area contributed by atoms with Crippen LogP contribution in [-0.4, -0.2) is 55.3 Å². The minimum atomic E-state index is -0.508. The maximum absolute atomic E-state index is 12.2. The largest absolute Gasteiger partial charge is 0.444 e. The molecule has 1 N–H and O–H groups in total. The van der Waals surface area contributed by atoms with Gasteiger partial charge in [-0.3, -0.25) is 4.79 Å². The van der Waals surface area contributed by atoms with Gasteiger partial charge in [-0.2, -0.15) is 0 Å². The zero-order chi connectivity index (χ0) is 16.6. The number of rotatable bonds is 6. The highest BCUT2D eigenvalue weighted by Gasteiger charge is 2.30. The van der Waals surface area contributed by atoms with Gasteiger partial charge in [-0.15, -0.1) is 0 Å². The molecule has 0 aromatic rings. The molecule has 1 fully saturated rings. The van der Waals surface area contributed by atoms with Crippen LogP contribution in [0.5, 0.6) is 0 Å². The van der Waals surface area contributed by atoms with Gasteiger partial charge in [0.15, 0.2) is 0 Å². The van der Waals surface area contributed by atoms with E-state index in [1.165, 1.54) is 0 Å². The Kier molecular flexibility index (Phi) is 7.65. The third-order valence-electron chi connectivity index (χ3n) is 3.41. The lowest BCUT2D eigenvalue weighted by molar-refractivity contribution is -0.126. The molecule has 0 aliphatic carbocycles. The number of amides is 2. The summed E-state index contributed by atoms with van der Waals surface area (Å²) in [5, 5.41) is 2.92. The van der Waals surface area contributed by atoms with Crippen LogP contribution in [0.15, 0.2) is 0 Å². The second kappa shape index (κ2) is 8.98. The minimum absolute atomic E-state index is 0.0183. The van der Waals surface area contributed by atoms with E-state index < -0.39 is 5.60 Å². The monoisotopic (exact) mass is 314 g/mol. The lowest BCUT2D eigenvalue weighted by atomic mass is 9.97. The Labute approximate surface area is 133 Å². The first-order valence-electron chi connectivity index (χ1n) is 8.17. The maximum Gasteiger partial charge on any atom is 0.410 e. The number of ether oxygens (including phenoxy) is 2. The van der Waals surface area contributed by atoms with Crippen molar-refractivity contribution in [3.8, 4) is 0 Å². The molecule has 1 heterocycles. The highest BCUT2D eigenvalue weighted by atomic mass is 16.6. The van der Waals surface area contributed by atoms with E-state index in [2.05, 4.69) is 5.32 Å². The van der Waals surface area contributed by atoms with Crippen molar-refractivity contribution in [2.75, 3.05) is 32.8 Å². The van der Waals surface area contributed by atoms with Crippen LogP contribution >= 0.6 is 0 Å². The quantitative estimate of drug-likeness (QED) is 0.763. The molecule has 0 bridgehead atoms. The lowest BCUT2D eigenvalue weighted by Gasteiger charge is -2.33. The topological polar surface area (TPSA) is 67.9 Å². The molecule has 0 spiro atoms. The second-order valence-corrected chi connectivity index (χ2v) is 6.61. The molecule has 0 saturated carbocycles. The van der Waals surface area contributed by atoms with Crippen molar-refractivity contribution < 1.29 is 19.1 Å². The SMILES string of the molecule is CCOCCCNC(=O)[C@H]1CCCN(C(=O)OC(C)(C)C)C1. The number of hydrogen-bond acceptors (Lipinski definition) is 4. The Bertz CT molecular complexity index is 366. The summed E-state index contributed by atoms with van der Waals surface area (Å²) in [5.74, 6) is -0.127. The molecule has 2 amide bonds. The first kappa shape index (κ1) is 18.7. The smallest absolute Gasteiger partial charge is 0.410 e. The van der Waals surface area contributed by atoms with E-state index >= 15 is 0 Å². The zero-order valence-corrected chi connectivity index (χ0v) is 14.3. The van der Waals surface area contributed by atoms with Crippen LogP contribution < -0.4 is 5.32 Å². The van der Waals surface area contributed by atoms with Gasteiger partial charge in [-0.05, 0) is 47.0 Å². The fourth-order valence-electron chi connectivity index (χ4n) is 2.36. The molecular formula is C16H30N2O4. The Morgan fingerprint density at radius 2 is 2.05 bits per heavy atom. The molecule has 0 radical (unpaired) electrons. The van der Waals surface area contributed by atoms with E-state index in [0.717, 1.165) is 19.3 Å². The predicted octanol–water partition coefficient (Wildman–Crippen LogP) is 2.18. The van der Waals surface area contributed by atoms with E-state index in [4.69, 9.17) is 9.47 Å². The molecule has 6 nitrogen and oxygen atoms in total. The van der Waals surface area contributed by atoms with Gasteiger partial charge in [-0.25, -0.2) is 4.79 Å². The number of carbonyl (C=O) groups is 2. The Morgan fingerprint density at radius 1 is 1.32 bits per heavy atom. The molecule has 1 rings (SSSR count). The van der Waals surface area contributed by atoms with Crippen LogP contribution in [-0.2, 0) is 14.3 Å². The summed E-state index contributed by atoms with van der Waals surface area (Å²) in [5.41, 5.74) is -0.508. The molecule has 0 aromatic carbocycles. The molecule has 1 aliphatic rings. The fraction of sp³-hybridized carbons (Fsp3) is 0.875. The second-order valence-electron chi connectivity index (χ2n) is 6.61. The fourth-order valence-corrected chi connectivity index (χ4v) is 2.36. The first-order valence-corrected chi connectivity index (χ1v) is 8.17. The minimum Gasteiger partial charge on any atom is -0.444 e. The highest BCUT2D eigenvalue weighted by Crippen LogP contribution is 2.19. The summed E-state index contributed by atoms with van der Waals surface area (Å²) in [6.07, 6.45) is 2.12. The van der Waals surface area contributed by atoms with Gasteiger partial charge in [-0.1, -0.05) is 0 Å². The Hall–Kier alpha value is -1.30. The van der Waals surface area contributed by atoms with E-state index in [-0.39, 0.29) is 17.9 Å². The van der Waals surface area contributed by atoms with E-state index in [1.54, 1.807) is 4.90 Å². The van der Waals surface area contributed by atoms with Gasteiger partial charge < -0.3 is 19.7 Å². The number of nitrogens with zero attached hydrogens (tertiary/aromatic N) is 1. The van der Waals surface area contributed by atoms with Gasteiger partial charge in [0.2, 0.25) is 5.91 Å². The van der Waals surface area contributed by atoms with Crippen LogP contribution in [0, 0.1) is 5.92 Å². The standard InChI is InChI=1S/C16H30N2O4/c1-5-21-11-7-9-17-14(19)13-8-6-10-18(12-13)15(20)22-16(2,3)4/h13H,5-12H2,1-4H3,(H,17,19)/t13-/m0/s1. The normalized spacial score (nSPS) is 18.9. The average Bonchev–Trinajstić information content (AvgIpc) is 2.45. The van der Waals surface area contributed by atoms with Gasteiger partial charge in [0.05, 0.1) is 5.92 Å². The van der Waals surface area contributed by atoms with Crippen LogP contribution in [0.3, 0.4) is 0 Å². The van der Waals surface area contributed by atoms with Crippen molar-refractivity contribution >= 4 is 12.0 Å². The Balaban J connectivity index is 2.35. The van der Waals surface area contributed by atoms with E-state index in [9.17, 15) is 9.59 Å². The summed E-state index contributed by atoms with van der Waals surface area (Å²) < 4.78 is 10.6. The summed E-state index contributed by atoms with van der Waals surface area (Å²) in [6, 6.07) is 0. The Morgan fingerprint density at radius 3 is 2.68 bits per heavy atom. The average molecular weight is 314 g/mol. The molecule has 128 valence electrons. The number of piperidine rings is 1. The van der Waals surface area contributed by atoms with E-state index in [0.29, 0.717) is 32.8 Å². The predicted molar refractivity (Wildman–Crippen MR) is 84.7 cm³/mol. The van der Waals surface area contributed by atoms with Gasteiger partial charge in [0.1, 0.15) is 5.60 Å². The highest BCUT2D eigenvalue weighted by molar-refractivity contribution is 5.80. The molecule has 0 unspecified atom stereocenters. The maximum atomic E-state index is 12.2. The van der Waals surface area contributed by atoms with Gasteiger partial charge in [0.25, 0.3) is 0 Å². The summed E-state index contributed by atoms with van der Waals surface area (Å²) >= 11 is 0. The number of carbonyl (C=O) groups excluding carboxylic acids is 2. The van der Waals surface area contributed by atoms with Crippen molar-refractivity contribution in [3.05, 3.63) is 0 Å². The van der Waals surface area contributed by atoms with Crippen LogP contribution in [0.1, 0.15) is 47.0 Å². The van der Waals surface area contributed by atoms with Crippen molar-refractivity contribution in [2.24, 2.45) is 5.92 Å². The molecule has 1 saturated heterocycles. The molecular weight excluding hydrogens is 284 g/mol. The summed E-state index contributed by atoms with van der Waals surface area (Å²) in [4.78, 5) is 25.9. The molecule has 22 heavy (non-hydrogen) atoms. The van der Waals surface area contributed by atoms with Crippen LogP contribution in [0.2, 0.25) is 0 Å². The molecule has 1 atom stereocenters. The van der Waals surface area contributed by atoms with Crippen molar-refractivity contribution in [1.29, 1.82) is 0 Å². The molecule has 0 aromatic heterocycles. The van der Waals surface area contributed by atoms with Crippen molar-refractivity contribution in [3.63, 3.8) is 0 Å². The third kappa shape index (κ3) is 7.11. The molecule has 1 aliphatic heterocycles. The molecule has 6 heteroatoms. The zero-order valence-electron chi connectivity index (χ0n) is 14.3. The number of nitrogens with one attached hydrogen (secondary N) is 1.